The summed E-state index contributed by atoms with van der Waals surface area (Å²) in [4.78, 5) is 18.4. The van der Waals surface area contributed by atoms with Crippen LogP contribution >= 0.6 is 11.8 Å². The SMILES string of the molecule is [C-]#[N+]c1c(N)nc(SCC(N)=O)c(C#N)c1-c1ccc(O)cc1. The lowest BCUT2D eigenvalue weighted by atomic mass is 10.00. The molecule has 0 unspecified atom stereocenters. The third kappa shape index (κ3) is 3.34. The Morgan fingerprint density at radius 3 is 2.61 bits per heavy atom. The lowest BCUT2D eigenvalue weighted by Gasteiger charge is -2.12. The highest BCUT2D eigenvalue weighted by Crippen LogP contribution is 2.41. The van der Waals surface area contributed by atoms with E-state index in [2.05, 4.69) is 9.83 Å². The van der Waals surface area contributed by atoms with Gasteiger partial charge in [-0.15, -0.1) is 0 Å². The molecule has 0 aliphatic rings. The van der Waals surface area contributed by atoms with E-state index in [1.807, 2.05) is 6.07 Å². The quantitative estimate of drug-likeness (QED) is 0.582. The molecule has 23 heavy (non-hydrogen) atoms. The number of carbonyl (C=O) groups is 1. The fourth-order valence-electron chi connectivity index (χ4n) is 1.94. The summed E-state index contributed by atoms with van der Waals surface area (Å²) in [6.07, 6.45) is 0. The molecule has 0 atom stereocenters. The second-order valence-electron chi connectivity index (χ2n) is 4.43. The summed E-state index contributed by atoms with van der Waals surface area (Å²) >= 11 is 0.985. The number of aromatic hydroxyl groups is 1. The van der Waals surface area contributed by atoms with Crippen LogP contribution in [0.4, 0.5) is 11.5 Å². The van der Waals surface area contributed by atoms with Gasteiger partial charge in [-0.1, -0.05) is 23.9 Å². The molecule has 0 saturated carbocycles. The third-order valence-corrected chi connectivity index (χ3v) is 3.89. The van der Waals surface area contributed by atoms with Gasteiger partial charge in [0.15, 0.2) is 0 Å². The molecule has 0 bridgehead atoms. The molecular weight excluding hydrogens is 314 g/mol. The number of phenols is 1. The average molecular weight is 325 g/mol. The molecule has 0 aliphatic heterocycles. The van der Waals surface area contributed by atoms with Crippen LogP contribution < -0.4 is 11.5 Å². The van der Waals surface area contributed by atoms with E-state index in [-0.39, 0.29) is 33.6 Å². The Labute approximate surface area is 136 Å². The molecule has 7 nitrogen and oxygen atoms in total. The van der Waals surface area contributed by atoms with Crippen molar-refractivity contribution in [2.75, 3.05) is 11.5 Å². The van der Waals surface area contributed by atoms with Crippen molar-refractivity contribution in [1.82, 2.24) is 4.98 Å². The number of hydrogen-bond donors (Lipinski definition) is 3. The minimum atomic E-state index is -0.556. The molecule has 0 fully saturated rings. The number of hydrogen-bond acceptors (Lipinski definition) is 6. The number of aromatic nitrogens is 1. The van der Waals surface area contributed by atoms with Gasteiger partial charge in [0.1, 0.15) is 22.7 Å². The van der Waals surface area contributed by atoms with Gasteiger partial charge >= 0.3 is 0 Å². The largest absolute Gasteiger partial charge is 0.508 e. The number of pyridine rings is 1. The fraction of sp³-hybridized carbons (Fsp3) is 0.0667. The highest BCUT2D eigenvalue weighted by Gasteiger charge is 2.20. The maximum atomic E-state index is 11.0. The lowest BCUT2D eigenvalue weighted by Crippen LogP contribution is -2.13. The first-order chi connectivity index (χ1) is 11.0. The van der Waals surface area contributed by atoms with Gasteiger partial charge in [0, 0.05) is 5.56 Å². The Kier molecular flexibility index (Phi) is 4.69. The van der Waals surface area contributed by atoms with Crippen LogP contribution in [0.15, 0.2) is 29.3 Å². The molecule has 1 aromatic carbocycles. The summed E-state index contributed by atoms with van der Waals surface area (Å²) < 4.78 is 0. The van der Waals surface area contributed by atoms with Crippen molar-refractivity contribution in [3.05, 3.63) is 41.2 Å². The average Bonchev–Trinajstić information content (AvgIpc) is 2.53. The number of benzene rings is 1. The molecule has 1 aromatic heterocycles. The number of phenolic OH excluding ortho intramolecular Hbond substituents is 1. The zero-order valence-corrected chi connectivity index (χ0v) is 12.6. The van der Waals surface area contributed by atoms with Crippen molar-refractivity contribution in [2.45, 2.75) is 5.03 Å². The Balaban J connectivity index is 2.71. The zero-order valence-electron chi connectivity index (χ0n) is 11.8. The van der Waals surface area contributed by atoms with Gasteiger partial charge < -0.3 is 16.6 Å². The molecule has 5 N–H and O–H groups in total. The summed E-state index contributed by atoms with van der Waals surface area (Å²) in [7, 11) is 0. The number of primary amides is 1. The fourth-order valence-corrected chi connectivity index (χ4v) is 2.68. The summed E-state index contributed by atoms with van der Waals surface area (Å²) in [6.45, 7) is 7.29. The van der Waals surface area contributed by atoms with Crippen molar-refractivity contribution in [2.24, 2.45) is 5.73 Å². The smallest absolute Gasteiger partial charge is 0.236 e. The van der Waals surface area contributed by atoms with Crippen LogP contribution in [0.2, 0.25) is 0 Å². The topological polar surface area (TPSA) is 130 Å². The van der Waals surface area contributed by atoms with E-state index >= 15 is 0 Å². The maximum Gasteiger partial charge on any atom is 0.236 e. The molecule has 2 aromatic rings. The number of nitrogen functional groups attached to an aromatic ring is 1. The Morgan fingerprint density at radius 1 is 1.43 bits per heavy atom. The summed E-state index contributed by atoms with van der Waals surface area (Å²) in [5, 5.41) is 19.1. The van der Waals surface area contributed by atoms with E-state index in [0.717, 1.165) is 11.8 Å². The van der Waals surface area contributed by atoms with E-state index in [9.17, 15) is 15.2 Å². The first-order valence-corrected chi connectivity index (χ1v) is 7.28. The molecule has 0 saturated heterocycles. The monoisotopic (exact) mass is 325 g/mol. The van der Waals surface area contributed by atoms with Crippen LogP contribution in [-0.4, -0.2) is 21.8 Å². The second-order valence-corrected chi connectivity index (χ2v) is 5.39. The first kappa shape index (κ1) is 16.1. The van der Waals surface area contributed by atoms with E-state index in [0.29, 0.717) is 11.1 Å². The molecule has 114 valence electrons. The van der Waals surface area contributed by atoms with Gasteiger partial charge in [-0.2, -0.15) is 5.26 Å². The Bertz CT molecular complexity index is 850. The Hall–Kier alpha value is -3.23. The summed E-state index contributed by atoms with van der Waals surface area (Å²) in [5.74, 6) is -0.594. The molecule has 1 amide bonds. The number of rotatable bonds is 4. The van der Waals surface area contributed by atoms with Gasteiger partial charge in [0.2, 0.25) is 11.6 Å². The van der Waals surface area contributed by atoms with Crippen LogP contribution in [0.25, 0.3) is 16.0 Å². The first-order valence-electron chi connectivity index (χ1n) is 6.29. The predicted octanol–water partition coefficient (Wildman–Crippen LogP) is 2.04. The molecule has 0 aliphatic carbocycles. The number of carbonyl (C=O) groups excluding carboxylic acids is 1. The van der Waals surface area contributed by atoms with Crippen LogP contribution in [0.1, 0.15) is 5.56 Å². The van der Waals surface area contributed by atoms with Crippen LogP contribution in [-0.2, 0) is 4.79 Å². The van der Waals surface area contributed by atoms with Gasteiger partial charge in [-0.3, -0.25) is 4.79 Å². The minimum absolute atomic E-state index is 0.0333. The molecule has 8 heteroatoms. The number of nitrogens with zero attached hydrogens (tertiary/aromatic N) is 3. The highest BCUT2D eigenvalue weighted by molar-refractivity contribution is 8.00. The number of nitrogens with two attached hydrogens (primary N) is 2. The van der Waals surface area contributed by atoms with Gasteiger partial charge in [-0.25, -0.2) is 9.83 Å². The van der Waals surface area contributed by atoms with Crippen molar-refractivity contribution < 1.29 is 9.90 Å². The standard InChI is InChI=1S/C15H11N5O2S/c1-19-13-12(8-2-4-9(21)5-3-8)10(6-16)15(20-14(13)18)23-7-11(17)22/h2-5,21H,7H2,(H2,17,22)(H2,18,20). The second kappa shape index (κ2) is 6.69. The number of anilines is 1. The van der Waals surface area contributed by atoms with E-state index < -0.39 is 5.91 Å². The number of thioether (sulfide) groups is 1. The van der Waals surface area contributed by atoms with Crippen molar-refractivity contribution in [3.63, 3.8) is 0 Å². The van der Waals surface area contributed by atoms with Crippen LogP contribution in [0.5, 0.6) is 5.75 Å². The highest BCUT2D eigenvalue weighted by atomic mass is 32.2. The molecule has 1 heterocycles. The normalized spacial score (nSPS) is 9.83. The van der Waals surface area contributed by atoms with E-state index in [1.165, 1.54) is 12.1 Å². The van der Waals surface area contributed by atoms with Crippen molar-refractivity contribution >= 4 is 29.2 Å². The van der Waals surface area contributed by atoms with Crippen molar-refractivity contribution in [3.8, 4) is 22.9 Å². The van der Waals surface area contributed by atoms with Crippen LogP contribution in [0, 0.1) is 17.9 Å². The van der Waals surface area contributed by atoms with E-state index in [4.69, 9.17) is 18.0 Å². The van der Waals surface area contributed by atoms with Crippen molar-refractivity contribution in [1.29, 1.82) is 5.26 Å². The van der Waals surface area contributed by atoms with Gasteiger partial charge in [-0.05, 0) is 17.7 Å². The third-order valence-electron chi connectivity index (χ3n) is 2.90. The molecule has 2 rings (SSSR count). The van der Waals surface area contributed by atoms with Gasteiger partial charge in [0.25, 0.3) is 0 Å². The van der Waals surface area contributed by atoms with Crippen LogP contribution in [0.3, 0.4) is 0 Å². The molecule has 0 spiro atoms. The lowest BCUT2D eigenvalue weighted by molar-refractivity contribution is -0.115. The number of nitriles is 1. The maximum absolute atomic E-state index is 11.0. The summed E-state index contributed by atoms with van der Waals surface area (Å²) in [5.41, 5.74) is 12.0. The minimum Gasteiger partial charge on any atom is -0.508 e. The molecule has 0 radical (unpaired) electrons. The zero-order chi connectivity index (χ0) is 17.0. The summed E-state index contributed by atoms with van der Waals surface area (Å²) in [6, 6.07) is 8.03. The Morgan fingerprint density at radius 2 is 2.09 bits per heavy atom. The van der Waals surface area contributed by atoms with E-state index in [1.54, 1.807) is 12.1 Å². The van der Waals surface area contributed by atoms with Gasteiger partial charge in [0.05, 0.1) is 17.9 Å². The predicted molar refractivity (Wildman–Crippen MR) is 86.6 cm³/mol. The molecular formula is C15H11N5O2S. The number of amides is 1.